The fourth-order valence-corrected chi connectivity index (χ4v) is 1.37. The quantitative estimate of drug-likeness (QED) is 0.433. The molecule has 1 unspecified atom stereocenters. The zero-order valence-electron chi connectivity index (χ0n) is 9.76. The van der Waals surface area contributed by atoms with Gasteiger partial charge in [0, 0.05) is 6.04 Å². The third-order valence-corrected chi connectivity index (χ3v) is 2.32. The van der Waals surface area contributed by atoms with Crippen molar-refractivity contribution in [3.63, 3.8) is 0 Å². The molecule has 1 nitrogen and oxygen atoms in total. The molecule has 0 amide bonds. The summed E-state index contributed by atoms with van der Waals surface area (Å²) in [5.74, 6) is 0. The molecule has 1 heteroatoms. The first-order valence-electron chi connectivity index (χ1n) is 5.88. The van der Waals surface area contributed by atoms with E-state index in [0.29, 0.717) is 6.04 Å². The van der Waals surface area contributed by atoms with E-state index in [2.05, 4.69) is 31.8 Å². The van der Waals surface area contributed by atoms with E-state index in [1.165, 1.54) is 32.1 Å². The molecule has 82 valence electrons. The Bertz CT molecular complexity index is 149. The van der Waals surface area contributed by atoms with Crippen LogP contribution in [0.2, 0.25) is 0 Å². The Kier molecular flexibility index (Phi) is 9.83. The van der Waals surface area contributed by atoms with E-state index in [1.807, 2.05) is 12.3 Å². The summed E-state index contributed by atoms with van der Waals surface area (Å²) < 4.78 is 0. The summed E-state index contributed by atoms with van der Waals surface area (Å²) in [6.07, 6.45) is 13.8. The van der Waals surface area contributed by atoms with E-state index in [-0.39, 0.29) is 0 Å². The number of hydrogen-bond acceptors (Lipinski definition) is 1. The van der Waals surface area contributed by atoms with E-state index in [9.17, 15) is 0 Å². The van der Waals surface area contributed by atoms with Gasteiger partial charge in [-0.15, -0.1) is 6.58 Å². The van der Waals surface area contributed by atoms with Crippen LogP contribution in [-0.4, -0.2) is 6.04 Å². The molecule has 0 rings (SSSR count). The lowest BCUT2D eigenvalue weighted by Crippen LogP contribution is -2.21. The smallest absolute Gasteiger partial charge is 0.0436 e. The molecule has 0 aliphatic rings. The van der Waals surface area contributed by atoms with Crippen LogP contribution in [-0.2, 0) is 0 Å². The van der Waals surface area contributed by atoms with Crippen LogP contribution in [0.25, 0.3) is 0 Å². The van der Waals surface area contributed by atoms with Crippen molar-refractivity contribution in [2.75, 3.05) is 0 Å². The standard InChI is InChI=1S/C13H25N/c1-4-7-9-10-11-13(6-3)14-12-8-5-2/h6,8,12-14H,3-5,7,9-11H2,1-2H3/b12-8+. The summed E-state index contributed by atoms with van der Waals surface area (Å²) in [5.41, 5.74) is 0. The molecule has 0 bridgehead atoms. The van der Waals surface area contributed by atoms with Gasteiger partial charge >= 0.3 is 0 Å². The van der Waals surface area contributed by atoms with Gasteiger partial charge in [0.1, 0.15) is 0 Å². The van der Waals surface area contributed by atoms with Crippen molar-refractivity contribution in [1.29, 1.82) is 0 Å². The minimum Gasteiger partial charge on any atom is -0.385 e. The predicted octanol–water partition coefficient (Wildman–Crippen LogP) is 4.02. The average Bonchev–Trinajstić information content (AvgIpc) is 2.22. The number of allylic oxidation sites excluding steroid dienone is 1. The Morgan fingerprint density at radius 2 is 2.00 bits per heavy atom. The Labute approximate surface area is 89.3 Å². The van der Waals surface area contributed by atoms with Gasteiger partial charge in [-0.1, -0.05) is 51.7 Å². The second kappa shape index (κ2) is 10.4. The zero-order valence-corrected chi connectivity index (χ0v) is 9.76. The van der Waals surface area contributed by atoms with E-state index in [0.717, 1.165) is 6.42 Å². The van der Waals surface area contributed by atoms with Gasteiger partial charge in [0.15, 0.2) is 0 Å². The first-order valence-corrected chi connectivity index (χ1v) is 5.88. The molecule has 0 fully saturated rings. The predicted molar refractivity (Wildman–Crippen MR) is 65.3 cm³/mol. The van der Waals surface area contributed by atoms with Crippen LogP contribution in [0.1, 0.15) is 52.4 Å². The number of unbranched alkanes of at least 4 members (excludes halogenated alkanes) is 3. The molecular weight excluding hydrogens is 170 g/mol. The van der Waals surface area contributed by atoms with Crippen LogP contribution < -0.4 is 5.32 Å². The minimum absolute atomic E-state index is 0.453. The topological polar surface area (TPSA) is 12.0 Å². The molecule has 0 aromatic heterocycles. The van der Waals surface area contributed by atoms with Crippen LogP contribution in [0, 0.1) is 0 Å². The van der Waals surface area contributed by atoms with E-state index < -0.39 is 0 Å². The third kappa shape index (κ3) is 7.90. The summed E-state index contributed by atoms with van der Waals surface area (Å²) >= 11 is 0. The highest BCUT2D eigenvalue weighted by atomic mass is 14.9. The molecule has 14 heavy (non-hydrogen) atoms. The normalized spacial score (nSPS) is 13.0. The highest BCUT2D eigenvalue weighted by Crippen LogP contribution is 2.06. The fraction of sp³-hybridized carbons (Fsp3) is 0.692. The van der Waals surface area contributed by atoms with Crippen molar-refractivity contribution < 1.29 is 0 Å². The van der Waals surface area contributed by atoms with Crippen molar-refractivity contribution in [2.24, 2.45) is 0 Å². The zero-order chi connectivity index (χ0) is 10.6. The first kappa shape index (κ1) is 13.3. The van der Waals surface area contributed by atoms with Crippen LogP contribution in [0.4, 0.5) is 0 Å². The summed E-state index contributed by atoms with van der Waals surface area (Å²) in [6.45, 7) is 8.23. The van der Waals surface area contributed by atoms with Gasteiger partial charge in [0.05, 0.1) is 0 Å². The van der Waals surface area contributed by atoms with Crippen molar-refractivity contribution in [3.8, 4) is 0 Å². The van der Waals surface area contributed by atoms with E-state index in [4.69, 9.17) is 0 Å². The van der Waals surface area contributed by atoms with E-state index >= 15 is 0 Å². The molecule has 0 aromatic rings. The first-order chi connectivity index (χ1) is 6.85. The molecule has 1 N–H and O–H groups in total. The molecule has 1 atom stereocenters. The van der Waals surface area contributed by atoms with Crippen molar-refractivity contribution in [3.05, 3.63) is 24.9 Å². The van der Waals surface area contributed by atoms with E-state index in [1.54, 1.807) is 0 Å². The number of nitrogens with one attached hydrogen (secondary N) is 1. The number of rotatable bonds is 9. The lowest BCUT2D eigenvalue weighted by atomic mass is 10.1. The molecule has 0 saturated heterocycles. The second-order valence-corrected chi connectivity index (χ2v) is 3.67. The maximum atomic E-state index is 3.84. The molecule has 0 saturated carbocycles. The van der Waals surface area contributed by atoms with Crippen molar-refractivity contribution in [2.45, 2.75) is 58.4 Å². The van der Waals surface area contributed by atoms with Crippen molar-refractivity contribution >= 4 is 0 Å². The summed E-state index contributed by atoms with van der Waals surface area (Å²) in [6, 6.07) is 0.453. The molecule has 0 spiro atoms. The van der Waals surface area contributed by atoms with Crippen LogP contribution in [0.15, 0.2) is 24.9 Å². The molecular formula is C13H25N. The van der Waals surface area contributed by atoms with Crippen LogP contribution in [0.3, 0.4) is 0 Å². The highest BCUT2D eigenvalue weighted by Gasteiger charge is 1.99. The summed E-state index contributed by atoms with van der Waals surface area (Å²) in [5, 5.41) is 3.35. The van der Waals surface area contributed by atoms with Gasteiger partial charge in [0.25, 0.3) is 0 Å². The SMILES string of the molecule is C=CC(CCCCCC)N/C=C/CC. The average molecular weight is 195 g/mol. The number of hydrogen-bond donors (Lipinski definition) is 1. The Morgan fingerprint density at radius 3 is 2.57 bits per heavy atom. The van der Waals surface area contributed by atoms with Gasteiger partial charge in [-0.3, -0.25) is 0 Å². The minimum atomic E-state index is 0.453. The molecule has 0 radical (unpaired) electrons. The second-order valence-electron chi connectivity index (χ2n) is 3.67. The van der Waals surface area contributed by atoms with Gasteiger partial charge in [-0.2, -0.15) is 0 Å². The summed E-state index contributed by atoms with van der Waals surface area (Å²) in [7, 11) is 0. The van der Waals surface area contributed by atoms with Gasteiger partial charge < -0.3 is 5.32 Å². The Morgan fingerprint density at radius 1 is 1.21 bits per heavy atom. The largest absolute Gasteiger partial charge is 0.385 e. The lowest BCUT2D eigenvalue weighted by Gasteiger charge is -2.12. The van der Waals surface area contributed by atoms with Crippen LogP contribution >= 0.6 is 0 Å². The Balaban J connectivity index is 3.47. The highest BCUT2D eigenvalue weighted by molar-refractivity contribution is 4.91. The maximum absolute atomic E-state index is 3.84. The fourth-order valence-electron chi connectivity index (χ4n) is 1.37. The maximum Gasteiger partial charge on any atom is 0.0436 e. The third-order valence-electron chi connectivity index (χ3n) is 2.32. The van der Waals surface area contributed by atoms with Gasteiger partial charge in [0.2, 0.25) is 0 Å². The molecule has 0 aliphatic carbocycles. The van der Waals surface area contributed by atoms with Gasteiger partial charge in [-0.25, -0.2) is 0 Å². The van der Waals surface area contributed by atoms with Crippen molar-refractivity contribution in [1.82, 2.24) is 5.32 Å². The molecule has 0 aromatic carbocycles. The van der Waals surface area contributed by atoms with Gasteiger partial charge in [-0.05, 0) is 19.0 Å². The monoisotopic (exact) mass is 195 g/mol. The lowest BCUT2D eigenvalue weighted by molar-refractivity contribution is 0.564. The Hall–Kier alpha value is -0.720. The summed E-state index contributed by atoms with van der Waals surface area (Å²) in [4.78, 5) is 0. The molecule has 0 heterocycles. The molecule has 0 aliphatic heterocycles. The van der Waals surface area contributed by atoms with Crippen LogP contribution in [0.5, 0.6) is 0 Å².